The lowest BCUT2D eigenvalue weighted by molar-refractivity contribution is 0.338. The second-order valence-corrected chi connectivity index (χ2v) is 6.43. The summed E-state index contributed by atoms with van der Waals surface area (Å²) in [7, 11) is -3.39. The van der Waals surface area contributed by atoms with E-state index in [0.717, 1.165) is 6.26 Å². The number of hydrogen-bond acceptors (Lipinski definition) is 5. The van der Waals surface area contributed by atoms with Crippen LogP contribution < -0.4 is 15.2 Å². The molecular weight excluding hydrogens is 290 g/mol. The number of rotatable bonds is 5. The molecule has 2 N–H and O–H groups in total. The first-order chi connectivity index (χ1) is 9.91. The van der Waals surface area contributed by atoms with Gasteiger partial charge in [0.2, 0.25) is 0 Å². The highest BCUT2D eigenvalue weighted by Crippen LogP contribution is 2.33. The van der Waals surface area contributed by atoms with Crippen LogP contribution in [-0.4, -0.2) is 21.3 Å². The minimum absolute atomic E-state index is 0.0564. The zero-order valence-electron chi connectivity index (χ0n) is 11.9. The Balaban J connectivity index is 2.34. The highest BCUT2D eigenvalue weighted by Gasteiger charge is 2.15. The van der Waals surface area contributed by atoms with E-state index in [-0.39, 0.29) is 10.6 Å². The molecule has 5 nitrogen and oxygen atoms in total. The number of nitrogens with two attached hydrogens (primary N) is 1. The molecule has 0 aromatic heterocycles. The minimum atomic E-state index is -3.39. The number of sulfone groups is 1. The van der Waals surface area contributed by atoms with Crippen molar-refractivity contribution in [3.8, 4) is 17.2 Å². The molecule has 112 valence electrons. The van der Waals surface area contributed by atoms with Crippen molar-refractivity contribution >= 4 is 15.5 Å². The molecular formula is C15H17NO4S. The monoisotopic (exact) mass is 307 g/mol. The lowest BCUT2D eigenvalue weighted by atomic mass is 10.3. The number of benzene rings is 2. The van der Waals surface area contributed by atoms with E-state index in [0.29, 0.717) is 23.9 Å². The van der Waals surface area contributed by atoms with E-state index < -0.39 is 9.84 Å². The lowest BCUT2D eigenvalue weighted by Crippen LogP contribution is -2.03. The quantitative estimate of drug-likeness (QED) is 0.859. The Kier molecular flexibility index (Phi) is 4.37. The first-order valence-electron chi connectivity index (χ1n) is 6.41. The topological polar surface area (TPSA) is 78.6 Å². The predicted octanol–water partition coefficient (Wildman–Crippen LogP) is 2.86. The van der Waals surface area contributed by atoms with Gasteiger partial charge in [0, 0.05) is 12.3 Å². The molecule has 0 radical (unpaired) electrons. The second kappa shape index (κ2) is 6.05. The van der Waals surface area contributed by atoms with Crippen molar-refractivity contribution in [1.29, 1.82) is 0 Å². The number of anilines is 1. The zero-order chi connectivity index (χ0) is 15.5. The summed E-state index contributed by atoms with van der Waals surface area (Å²) in [5.74, 6) is 1.50. The minimum Gasteiger partial charge on any atom is -0.494 e. The molecule has 0 spiro atoms. The molecule has 2 aromatic carbocycles. The molecule has 0 saturated heterocycles. The SMILES string of the molecule is CCOc1cccc(Oc2cccc(S(C)(=O)=O)c2N)c1. The van der Waals surface area contributed by atoms with Gasteiger partial charge in [-0.2, -0.15) is 0 Å². The number of nitrogen functional groups attached to an aromatic ring is 1. The van der Waals surface area contributed by atoms with E-state index in [4.69, 9.17) is 15.2 Å². The van der Waals surface area contributed by atoms with Gasteiger partial charge in [0.05, 0.1) is 17.2 Å². The molecule has 0 unspecified atom stereocenters. The molecule has 0 amide bonds. The van der Waals surface area contributed by atoms with Crippen molar-refractivity contribution in [2.75, 3.05) is 18.6 Å². The van der Waals surface area contributed by atoms with Crippen molar-refractivity contribution in [2.24, 2.45) is 0 Å². The van der Waals surface area contributed by atoms with Crippen LogP contribution in [0.1, 0.15) is 6.92 Å². The maximum Gasteiger partial charge on any atom is 0.177 e. The van der Waals surface area contributed by atoms with Gasteiger partial charge >= 0.3 is 0 Å². The normalized spacial score (nSPS) is 11.1. The largest absolute Gasteiger partial charge is 0.494 e. The lowest BCUT2D eigenvalue weighted by Gasteiger charge is -2.12. The summed E-state index contributed by atoms with van der Waals surface area (Å²) in [4.78, 5) is 0.0564. The molecule has 0 atom stereocenters. The van der Waals surface area contributed by atoms with Crippen LogP contribution in [0.25, 0.3) is 0 Å². The summed E-state index contributed by atoms with van der Waals surface area (Å²) in [6.45, 7) is 2.44. The van der Waals surface area contributed by atoms with Gasteiger partial charge in [-0.15, -0.1) is 0 Å². The zero-order valence-corrected chi connectivity index (χ0v) is 12.7. The van der Waals surface area contributed by atoms with Crippen LogP contribution in [0.3, 0.4) is 0 Å². The van der Waals surface area contributed by atoms with E-state index in [1.807, 2.05) is 13.0 Å². The fourth-order valence-corrected chi connectivity index (χ4v) is 2.68. The average molecular weight is 307 g/mol. The van der Waals surface area contributed by atoms with Crippen molar-refractivity contribution in [1.82, 2.24) is 0 Å². The fraction of sp³-hybridized carbons (Fsp3) is 0.200. The third-order valence-corrected chi connectivity index (χ3v) is 3.92. The van der Waals surface area contributed by atoms with Crippen molar-refractivity contribution < 1.29 is 17.9 Å². The predicted molar refractivity (Wildman–Crippen MR) is 81.6 cm³/mol. The van der Waals surface area contributed by atoms with Crippen LogP contribution in [0.4, 0.5) is 5.69 Å². The molecule has 0 aliphatic carbocycles. The second-order valence-electron chi connectivity index (χ2n) is 4.45. The van der Waals surface area contributed by atoms with Crippen LogP contribution in [-0.2, 0) is 9.84 Å². The van der Waals surface area contributed by atoms with Gasteiger partial charge in [-0.05, 0) is 31.2 Å². The van der Waals surface area contributed by atoms with Gasteiger partial charge in [-0.1, -0.05) is 12.1 Å². The Labute approximate surface area is 124 Å². The van der Waals surface area contributed by atoms with E-state index in [1.54, 1.807) is 30.3 Å². The van der Waals surface area contributed by atoms with Crippen molar-refractivity contribution in [3.05, 3.63) is 42.5 Å². The summed E-state index contributed by atoms with van der Waals surface area (Å²) in [5, 5.41) is 0. The molecule has 0 bridgehead atoms. The maximum atomic E-state index is 11.6. The van der Waals surface area contributed by atoms with Gasteiger partial charge < -0.3 is 15.2 Å². The van der Waals surface area contributed by atoms with Crippen LogP contribution in [0.5, 0.6) is 17.2 Å². The van der Waals surface area contributed by atoms with Crippen LogP contribution in [0.2, 0.25) is 0 Å². The van der Waals surface area contributed by atoms with E-state index in [9.17, 15) is 8.42 Å². The first-order valence-corrected chi connectivity index (χ1v) is 8.30. The number of hydrogen-bond donors (Lipinski definition) is 1. The first kappa shape index (κ1) is 15.2. The summed E-state index contributed by atoms with van der Waals surface area (Å²) in [5.41, 5.74) is 5.98. The molecule has 0 fully saturated rings. The van der Waals surface area contributed by atoms with Crippen molar-refractivity contribution in [2.45, 2.75) is 11.8 Å². The Morgan fingerprint density at radius 3 is 2.43 bits per heavy atom. The van der Waals surface area contributed by atoms with Gasteiger partial charge in [-0.25, -0.2) is 8.42 Å². The van der Waals surface area contributed by atoms with Crippen LogP contribution in [0, 0.1) is 0 Å². The van der Waals surface area contributed by atoms with Crippen molar-refractivity contribution in [3.63, 3.8) is 0 Å². The van der Waals surface area contributed by atoms with E-state index in [1.165, 1.54) is 6.07 Å². The smallest absolute Gasteiger partial charge is 0.177 e. The van der Waals surface area contributed by atoms with Gasteiger partial charge in [0.25, 0.3) is 0 Å². The standard InChI is InChI=1S/C15H17NO4S/c1-3-19-11-6-4-7-12(10-11)20-13-8-5-9-14(15(13)16)21(2,17)18/h4-10H,3,16H2,1-2H3. The van der Waals surface area contributed by atoms with E-state index in [2.05, 4.69) is 0 Å². The average Bonchev–Trinajstić information content (AvgIpc) is 2.41. The highest BCUT2D eigenvalue weighted by molar-refractivity contribution is 7.90. The maximum absolute atomic E-state index is 11.6. The molecule has 21 heavy (non-hydrogen) atoms. The molecule has 2 rings (SSSR count). The summed E-state index contributed by atoms with van der Waals surface area (Å²) < 4.78 is 34.3. The summed E-state index contributed by atoms with van der Waals surface area (Å²) in [6, 6.07) is 11.7. The third kappa shape index (κ3) is 3.66. The Morgan fingerprint density at radius 1 is 1.10 bits per heavy atom. The third-order valence-electron chi connectivity index (χ3n) is 2.77. The van der Waals surface area contributed by atoms with Gasteiger partial charge in [-0.3, -0.25) is 0 Å². The molecule has 0 saturated carbocycles. The Bertz CT molecular complexity index is 741. The molecule has 2 aromatic rings. The molecule has 6 heteroatoms. The molecule has 0 heterocycles. The Hall–Kier alpha value is -2.21. The fourth-order valence-electron chi connectivity index (χ4n) is 1.86. The van der Waals surface area contributed by atoms with Gasteiger partial charge in [0.15, 0.2) is 15.6 Å². The number of para-hydroxylation sites is 1. The van der Waals surface area contributed by atoms with Gasteiger partial charge in [0.1, 0.15) is 11.5 Å². The summed E-state index contributed by atoms with van der Waals surface area (Å²) in [6.07, 6.45) is 1.11. The van der Waals surface area contributed by atoms with Crippen LogP contribution >= 0.6 is 0 Å². The van der Waals surface area contributed by atoms with Crippen LogP contribution in [0.15, 0.2) is 47.4 Å². The Morgan fingerprint density at radius 2 is 1.76 bits per heavy atom. The highest BCUT2D eigenvalue weighted by atomic mass is 32.2. The molecule has 0 aliphatic heterocycles. The van der Waals surface area contributed by atoms with E-state index >= 15 is 0 Å². The molecule has 0 aliphatic rings. The summed E-state index contributed by atoms with van der Waals surface area (Å²) >= 11 is 0. The number of ether oxygens (including phenoxy) is 2.